The van der Waals surface area contributed by atoms with E-state index in [-0.39, 0.29) is 0 Å². The third-order valence-electron chi connectivity index (χ3n) is 3.10. The van der Waals surface area contributed by atoms with Crippen molar-refractivity contribution in [3.8, 4) is 5.75 Å². The monoisotopic (exact) mass is 286 g/mol. The summed E-state index contributed by atoms with van der Waals surface area (Å²) in [6, 6.07) is 18.8. The van der Waals surface area contributed by atoms with Crippen molar-refractivity contribution in [2.45, 2.75) is 12.2 Å². The van der Waals surface area contributed by atoms with E-state index in [2.05, 4.69) is 0 Å². The summed E-state index contributed by atoms with van der Waals surface area (Å²) in [5.74, 6) is 0.194. The van der Waals surface area contributed by atoms with Crippen LogP contribution >= 0.6 is 0 Å². The lowest BCUT2D eigenvalue weighted by Gasteiger charge is -2.25. The number of hydrogen-bond donors (Lipinski definition) is 0. The molecule has 0 aliphatic carbocycles. The van der Waals surface area contributed by atoms with E-state index in [1.165, 1.54) is 14.2 Å². The molecule has 0 spiro atoms. The molecule has 2 unspecified atom stereocenters. The van der Waals surface area contributed by atoms with Gasteiger partial charge in [0.05, 0.1) is 7.11 Å². The SMILES string of the molecule is COC(=O)C(OC)C(Oc1ccccc1)c1ccccc1. The van der Waals surface area contributed by atoms with Crippen LogP contribution in [0.15, 0.2) is 60.7 Å². The quantitative estimate of drug-likeness (QED) is 0.766. The molecule has 2 rings (SSSR count). The van der Waals surface area contributed by atoms with E-state index in [9.17, 15) is 4.79 Å². The first kappa shape index (κ1) is 15.1. The van der Waals surface area contributed by atoms with E-state index in [1.54, 1.807) is 0 Å². The minimum atomic E-state index is -0.836. The fraction of sp³-hybridized carbons (Fsp3) is 0.235. The Labute approximate surface area is 124 Å². The van der Waals surface area contributed by atoms with Crippen LogP contribution in [-0.2, 0) is 14.3 Å². The molecule has 21 heavy (non-hydrogen) atoms. The van der Waals surface area contributed by atoms with E-state index in [0.29, 0.717) is 5.75 Å². The average molecular weight is 286 g/mol. The van der Waals surface area contributed by atoms with Crippen molar-refractivity contribution in [2.75, 3.05) is 14.2 Å². The maximum Gasteiger partial charge on any atom is 0.339 e. The van der Waals surface area contributed by atoms with Crippen molar-refractivity contribution in [2.24, 2.45) is 0 Å². The van der Waals surface area contributed by atoms with Gasteiger partial charge >= 0.3 is 5.97 Å². The summed E-state index contributed by atoms with van der Waals surface area (Å²) < 4.78 is 16.0. The molecular formula is C17H18O4. The number of carbonyl (C=O) groups excluding carboxylic acids is 1. The van der Waals surface area contributed by atoms with Gasteiger partial charge in [0, 0.05) is 7.11 Å². The van der Waals surface area contributed by atoms with Gasteiger partial charge in [-0.1, -0.05) is 48.5 Å². The minimum Gasteiger partial charge on any atom is -0.482 e. The van der Waals surface area contributed by atoms with Crippen molar-refractivity contribution >= 4 is 5.97 Å². The Bertz CT molecular complexity index is 554. The van der Waals surface area contributed by atoms with Crippen LogP contribution in [0.5, 0.6) is 5.75 Å². The summed E-state index contributed by atoms with van der Waals surface area (Å²) in [6.45, 7) is 0. The molecule has 0 aromatic heterocycles. The fourth-order valence-electron chi connectivity index (χ4n) is 2.05. The smallest absolute Gasteiger partial charge is 0.339 e. The summed E-state index contributed by atoms with van der Waals surface area (Å²) >= 11 is 0. The summed E-state index contributed by atoms with van der Waals surface area (Å²) in [5, 5.41) is 0. The fourth-order valence-corrected chi connectivity index (χ4v) is 2.05. The number of para-hydroxylation sites is 1. The molecule has 0 saturated heterocycles. The van der Waals surface area contributed by atoms with Crippen LogP contribution in [0.3, 0.4) is 0 Å². The van der Waals surface area contributed by atoms with Gasteiger partial charge in [-0.25, -0.2) is 4.79 Å². The average Bonchev–Trinajstić information content (AvgIpc) is 2.56. The molecule has 0 saturated carbocycles. The predicted molar refractivity (Wildman–Crippen MR) is 79.1 cm³/mol. The highest BCUT2D eigenvalue weighted by atomic mass is 16.6. The van der Waals surface area contributed by atoms with Gasteiger partial charge < -0.3 is 14.2 Å². The Morgan fingerprint density at radius 2 is 1.48 bits per heavy atom. The van der Waals surface area contributed by atoms with E-state index in [1.807, 2.05) is 60.7 Å². The zero-order valence-corrected chi connectivity index (χ0v) is 12.1. The van der Waals surface area contributed by atoms with Crippen LogP contribution in [0, 0.1) is 0 Å². The second-order valence-corrected chi connectivity index (χ2v) is 4.44. The highest BCUT2D eigenvalue weighted by Crippen LogP contribution is 2.26. The van der Waals surface area contributed by atoms with Crippen molar-refractivity contribution in [1.29, 1.82) is 0 Å². The highest BCUT2D eigenvalue weighted by molar-refractivity contribution is 5.75. The Balaban J connectivity index is 2.32. The molecular weight excluding hydrogens is 268 g/mol. The lowest BCUT2D eigenvalue weighted by Crippen LogP contribution is -2.34. The molecule has 0 aliphatic rings. The van der Waals surface area contributed by atoms with Gasteiger partial charge in [0.15, 0.2) is 12.2 Å². The number of rotatable bonds is 6. The number of benzene rings is 2. The van der Waals surface area contributed by atoms with Gasteiger partial charge in [0.25, 0.3) is 0 Å². The van der Waals surface area contributed by atoms with Crippen LogP contribution in [-0.4, -0.2) is 26.3 Å². The molecule has 0 fully saturated rings. The molecule has 4 nitrogen and oxygen atoms in total. The molecule has 0 amide bonds. The van der Waals surface area contributed by atoms with Crippen molar-refractivity contribution in [3.05, 3.63) is 66.2 Å². The Kier molecular flexibility index (Phi) is 5.35. The molecule has 110 valence electrons. The first-order valence-corrected chi connectivity index (χ1v) is 6.63. The molecule has 4 heteroatoms. The van der Waals surface area contributed by atoms with Gasteiger partial charge in [-0.15, -0.1) is 0 Å². The zero-order valence-electron chi connectivity index (χ0n) is 12.1. The predicted octanol–water partition coefficient (Wildman–Crippen LogP) is 2.99. The zero-order chi connectivity index (χ0) is 15.1. The highest BCUT2D eigenvalue weighted by Gasteiger charge is 2.32. The standard InChI is InChI=1S/C17H18O4/c1-19-16(17(18)20-2)15(13-9-5-3-6-10-13)21-14-11-7-4-8-12-14/h3-12,15-16H,1-2H3. The maximum atomic E-state index is 11.9. The van der Waals surface area contributed by atoms with Crippen LogP contribution in [0.4, 0.5) is 0 Å². The minimum absolute atomic E-state index is 0.470. The third kappa shape index (κ3) is 3.83. The van der Waals surface area contributed by atoms with E-state index < -0.39 is 18.2 Å². The van der Waals surface area contributed by atoms with Crippen LogP contribution in [0.2, 0.25) is 0 Å². The van der Waals surface area contributed by atoms with Gasteiger partial charge in [-0.2, -0.15) is 0 Å². The molecule has 0 N–H and O–H groups in total. The van der Waals surface area contributed by atoms with Gasteiger partial charge in [-0.05, 0) is 17.7 Å². The van der Waals surface area contributed by atoms with Crippen LogP contribution in [0.25, 0.3) is 0 Å². The summed E-state index contributed by atoms with van der Waals surface area (Å²) in [6.07, 6.45) is -1.41. The van der Waals surface area contributed by atoms with Crippen LogP contribution in [0.1, 0.15) is 11.7 Å². The second kappa shape index (κ2) is 7.45. The Morgan fingerprint density at radius 3 is 2.00 bits per heavy atom. The summed E-state index contributed by atoms with van der Waals surface area (Å²) in [4.78, 5) is 11.9. The summed E-state index contributed by atoms with van der Waals surface area (Å²) in [7, 11) is 2.80. The summed E-state index contributed by atoms with van der Waals surface area (Å²) in [5.41, 5.74) is 0.846. The first-order valence-electron chi connectivity index (χ1n) is 6.63. The number of carbonyl (C=O) groups is 1. The van der Waals surface area contributed by atoms with E-state index in [4.69, 9.17) is 14.2 Å². The Hall–Kier alpha value is -2.33. The maximum absolute atomic E-state index is 11.9. The van der Waals surface area contributed by atoms with E-state index in [0.717, 1.165) is 5.56 Å². The van der Waals surface area contributed by atoms with Gasteiger partial charge in [-0.3, -0.25) is 0 Å². The molecule has 0 bridgehead atoms. The normalized spacial score (nSPS) is 13.2. The van der Waals surface area contributed by atoms with Crippen LogP contribution < -0.4 is 4.74 Å². The van der Waals surface area contributed by atoms with Gasteiger partial charge in [0.1, 0.15) is 5.75 Å². The number of ether oxygens (including phenoxy) is 3. The molecule has 0 aliphatic heterocycles. The molecule has 2 aromatic carbocycles. The van der Waals surface area contributed by atoms with Crippen molar-refractivity contribution in [1.82, 2.24) is 0 Å². The largest absolute Gasteiger partial charge is 0.482 e. The van der Waals surface area contributed by atoms with Crippen molar-refractivity contribution < 1.29 is 19.0 Å². The lowest BCUT2D eigenvalue weighted by molar-refractivity contribution is -0.158. The van der Waals surface area contributed by atoms with E-state index >= 15 is 0 Å². The molecule has 0 heterocycles. The first-order chi connectivity index (χ1) is 10.3. The lowest BCUT2D eigenvalue weighted by atomic mass is 10.0. The molecule has 2 atom stereocenters. The molecule has 0 radical (unpaired) electrons. The van der Waals surface area contributed by atoms with Gasteiger partial charge in [0.2, 0.25) is 0 Å². The third-order valence-corrected chi connectivity index (χ3v) is 3.10. The topological polar surface area (TPSA) is 44.8 Å². The van der Waals surface area contributed by atoms with Crippen molar-refractivity contribution in [3.63, 3.8) is 0 Å². The number of esters is 1. The number of methoxy groups -OCH3 is 2. The Morgan fingerprint density at radius 1 is 0.905 bits per heavy atom. The number of hydrogen-bond acceptors (Lipinski definition) is 4. The second-order valence-electron chi connectivity index (χ2n) is 4.44. The molecule has 2 aromatic rings.